The Hall–Kier alpha value is -4.72. The van der Waals surface area contributed by atoms with Crippen LogP contribution in [0.15, 0.2) is 151 Å². The minimum Gasteiger partial charge on any atom is -0.135 e. The van der Waals surface area contributed by atoms with E-state index in [9.17, 15) is 0 Å². The second kappa shape index (κ2) is 8.89. The highest BCUT2D eigenvalue weighted by Crippen LogP contribution is 2.54. The van der Waals surface area contributed by atoms with Crippen LogP contribution in [0, 0.1) is 5.92 Å². The first-order chi connectivity index (χ1) is 20.4. The highest BCUT2D eigenvalue weighted by molar-refractivity contribution is 7.26. The lowest BCUT2D eigenvalue weighted by molar-refractivity contribution is 0.653. The van der Waals surface area contributed by atoms with Crippen LogP contribution in [-0.2, 0) is 0 Å². The standard InChI is InChI=1S/C40H26S/c1-2-13-26(14-3-1)36-31-19-8-9-20-32(31)38(33-23-22-25-12-4-6-16-28(25)37(33)36)39-29-17-7-5-15-27(29)24-34-30-18-10-11-21-35(30)41-40(34)39/h1-24,31,36H. The summed E-state index contributed by atoms with van der Waals surface area (Å²) in [4.78, 5) is 0. The van der Waals surface area contributed by atoms with E-state index < -0.39 is 0 Å². The number of rotatable bonds is 2. The lowest BCUT2D eigenvalue weighted by Crippen LogP contribution is -2.23. The average molecular weight is 539 g/mol. The monoisotopic (exact) mass is 538 g/mol. The quantitative estimate of drug-likeness (QED) is 0.205. The van der Waals surface area contributed by atoms with Crippen molar-refractivity contribution in [2.24, 2.45) is 5.92 Å². The molecule has 192 valence electrons. The Kier molecular flexibility index (Phi) is 5.00. The zero-order valence-electron chi connectivity index (χ0n) is 22.4. The van der Waals surface area contributed by atoms with Gasteiger partial charge in [-0.2, -0.15) is 0 Å². The lowest BCUT2D eigenvalue weighted by Gasteiger charge is -2.38. The molecule has 2 aliphatic carbocycles. The van der Waals surface area contributed by atoms with Gasteiger partial charge >= 0.3 is 0 Å². The SMILES string of the molecule is C1=CC2=C(c3c4ccccc4cc4c3sc3ccccc34)c3ccc4ccccc4c3C(c3ccccc3)C2C=C1. The molecule has 0 saturated heterocycles. The van der Waals surface area contributed by atoms with Gasteiger partial charge in [0.25, 0.3) is 0 Å². The molecule has 6 aromatic carbocycles. The van der Waals surface area contributed by atoms with Crippen molar-refractivity contribution < 1.29 is 0 Å². The van der Waals surface area contributed by atoms with Crippen molar-refractivity contribution in [2.45, 2.75) is 5.92 Å². The minimum absolute atomic E-state index is 0.241. The van der Waals surface area contributed by atoms with Crippen LogP contribution in [-0.4, -0.2) is 0 Å². The van der Waals surface area contributed by atoms with Gasteiger partial charge in [-0.05, 0) is 61.5 Å². The van der Waals surface area contributed by atoms with Gasteiger partial charge in [0.15, 0.2) is 0 Å². The summed E-state index contributed by atoms with van der Waals surface area (Å²) in [6.45, 7) is 0. The van der Waals surface area contributed by atoms with Crippen molar-refractivity contribution >= 4 is 58.6 Å². The van der Waals surface area contributed by atoms with Gasteiger partial charge in [0.1, 0.15) is 0 Å². The molecule has 0 N–H and O–H groups in total. The van der Waals surface area contributed by atoms with E-state index in [1.807, 2.05) is 11.3 Å². The molecular weight excluding hydrogens is 513 g/mol. The van der Waals surface area contributed by atoms with E-state index in [2.05, 4.69) is 146 Å². The van der Waals surface area contributed by atoms with Crippen LogP contribution in [0.2, 0.25) is 0 Å². The molecule has 0 nitrogen and oxygen atoms in total. The fraction of sp³-hybridized carbons (Fsp3) is 0.0500. The molecule has 0 fully saturated rings. The van der Waals surface area contributed by atoms with Crippen LogP contribution < -0.4 is 0 Å². The number of benzene rings is 6. The number of allylic oxidation sites excluding steroid dienone is 5. The first-order valence-electron chi connectivity index (χ1n) is 14.4. The maximum absolute atomic E-state index is 2.44. The Balaban J connectivity index is 1.49. The summed E-state index contributed by atoms with van der Waals surface area (Å²) in [7, 11) is 0. The van der Waals surface area contributed by atoms with Gasteiger partial charge in [-0.3, -0.25) is 0 Å². The highest BCUT2D eigenvalue weighted by atomic mass is 32.1. The van der Waals surface area contributed by atoms with Crippen molar-refractivity contribution in [3.63, 3.8) is 0 Å². The van der Waals surface area contributed by atoms with Crippen LogP contribution >= 0.6 is 11.3 Å². The Bertz CT molecular complexity index is 2260. The van der Waals surface area contributed by atoms with Crippen LogP contribution in [0.5, 0.6) is 0 Å². The fourth-order valence-corrected chi connectivity index (χ4v) is 8.61. The predicted octanol–water partition coefficient (Wildman–Crippen LogP) is 11.1. The van der Waals surface area contributed by atoms with Crippen molar-refractivity contribution in [1.82, 2.24) is 0 Å². The summed E-state index contributed by atoms with van der Waals surface area (Å²) in [5.74, 6) is 0.490. The van der Waals surface area contributed by atoms with Crippen LogP contribution in [0.25, 0.3) is 47.3 Å². The Morgan fingerprint density at radius 2 is 1.29 bits per heavy atom. The van der Waals surface area contributed by atoms with Gasteiger partial charge in [0.2, 0.25) is 0 Å². The van der Waals surface area contributed by atoms with Gasteiger partial charge < -0.3 is 0 Å². The predicted molar refractivity (Wildman–Crippen MR) is 177 cm³/mol. The van der Waals surface area contributed by atoms with Crippen LogP contribution in [0.4, 0.5) is 0 Å². The number of hydrogen-bond donors (Lipinski definition) is 0. The molecule has 0 bridgehead atoms. The molecule has 41 heavy (non-hydrogen) atoms. The first kappa shape index (κ1) is 23.0. The molecule has 0 aliphatic heterocycles. The van der Waals surface area contributed by atoms with E-state index in [0.717, 1.165) is 0 Å². The molecular formula is C40H26S. The normalized spacial score (nSPS) is 18.0. The van der Waals surface area contributed by atoms with Gasteiger partial charge in [0, 0.05) is 37.6 Å². The molecule has 1 heteroatoms. The van der Waals surface area contributed by atoms with Crippen LogP contribution in [0.1, 0.15) is 28.2 Å². The van der Waals surface area contributed by atoms with E-state index in [1.165, 1.54) is 75.1 Å². The molecule has 0 spiro atoms. The second-order valence-electron chi connectivity index (χ2n) is 11.2. The van der Waals surface area contributed by atoms with Crippen molar-refractivity contribution in [3.05, 3.63) is 173 Å². The number of fused-ring (bicyclic) bond motifs is 8. The zero-order valence-corrected chi connectivity index (χ0v) is 23.2. The third-order valence-electron chi connectivity index (χ3n) is 9.06. The minimum atomic E-state index is 0.241. The summed E-state index contributed by atoms with van der Waals surface area (Å²) in [6, 6.07) is 45.1. The molecule has 2 aliphatic rings. The van der Waals surface area contributed by atoms with Gasteiger partial charge in [-0.25, -0.2) is 0 Å². The molecule has 0 saturated carbocycles. The molecule has 2 atom stereocenters. The Morgan fingerprint density at radius 1 is 0.561 bits per heavy atom. The summed E-state index contributed by atoms with van der Waals surface area (Å²) in [6.07, 6.45) is 9.29. The maximum Gasteiger partial charge on any atom is 0.0440 e. The number of hydrogen-bond acceptors (Lipinski definition) is 1. The van der Waals surface area contributed by atoms with Gasteiger partial charge in [-0.15, -0.1) is 11.3 Å². The smallest absolute Gasteiger partial charge is 0.0440 e. The first-order valence-corrected chi connectivity index (χ1v) is 15.2. The van der Waals surface area contributed by atoms with Crippen molar-refractivity contribution in [1.29, 1.82) is 0 Å². The van der Waals surface area contributed by atoms with E-state index in [-0.39, 0.29) is 11.8 Å². The molecule has 7 aromatic rings. The third kappa shape index (κ3) is 3.33. The van der Waals surface area contributed by atoms with E-state index in [4.69, 9.17) is 0 Å². The molecule has 1 aromatic heterocycles. The average Bonchev–Trinajstić information content (AvgIpc) is 3.41. The molecule has 0 amide bonds. The third-order valence-corrected chi connectivity index (χ3v) is 10.3. The maximum atomic E-state index is 2.44. The summed E-state index contributed by atoms with van der Waals surface area (Å²) >= 11 is 1.94. The van der Waals surface area contributed by atoms with Gasteiger partial charge in [-0.1, -0.05) is 133 Å². The van der Waals surface area contributed by atoms with Crippen LogP contribution in [0.3, 0.4) is 0 Å². The van der Waals surface area contributed by atoms with E-state index >= 15 is 0 Å². The van der Waals surface area contributed by atoms with Crippen molar-refractivity contribution in [2.75, 3.05) is 0 Å². The molecule has 1 heterocycles. The highest BCUT2D eigenvalue weighted by Gasteiger charge is 2.37. The summed E-state index contributed by atoms with van der Waals surface area (Å²) < 4.78 is 2.73. The Morgan fingerprint density at radius 3 is 2.17 bits per heavy atom. The summed E-state index contributed by atoms with van der Waals surface area (Å²) in [5.41, 5.74) is 8.36. The molecule has 0 radical (unpaired) electrons. The number of thiophene rings is 1. The molecule has 9 rings (SSSR count). The Labute approximate surface area is 243 Å². The summed E-state index contributed by atoms with van der Waals surface area (Å²) in [5, 5.41) is 7.98. The molecule has 2 unspecified atom stereocenters. The topological polar surface area (TPSA) is 0 Å². The second-order valence-corrected chi connectivity index (χ2v) is 12.2. The van der Waals surface area contributed by atoms with Crippen molar-refractivity contribution in [3.8, 4) is 0 Å². The lowest BCUT2D eigenvalue weighted by atomic mass is 9.65. The zero-order chi connectivity index (χ0) is 26.9. The fourth-order valence-electron chi connectivity index (χ4n) is 7.37. The largest absolute Gasteiger partial charge is 0.135 e. The van der Waals surface area contributed by atoms with E-state index in [1.54, 1.807) is 0 Å². The van der Waals surface area contributed by atoms with E-state index in [0.29, 0.717) is 0 Å². The van der Waals surface area contributed by atoms with Gasteiger partial charge in [0.05, 0.1) is 0 Å².